The number of carboxylic acids is 1. The van der Waals surface area contributed by atoms with E-state index >= 15 is 0 Å². The second kappa shape index (κ2) is 7.29. The fourth-order valence-corrected chi connectivity index (χ4v) is 4.31. The zero-order valence-corrected chi connectivity index (χ0v) is 16.0. The maximum Gasteiger partial charge on any atom is 0.324 e. The first-order chi connectivity index (χ1) is 13.9. The van der Waals surface area contributed by atoms with Crippen molar-refractivity contribution in [3.05, 3.63) is 77.9 Å². The Balaban J connectivity index is 1.66. The zero-order valence-electron chi connectivity index (χ0n) is 16.0. The van der Waals surface area contributed by atoms with Crippen LogP contribution in [-0.2, 0) is 20.9 Å². The van der Waals surface area contributed by atoms with Crippen molar-refractivity contribution < 1.29 is 19.5 Å². The molecule has 2 fully saturated rings. The molecule has 4 atom stereocenters. The van der Waals surface area contributed by atoms with E-state index < -0.39 is 35.3 Å². The summed E-state index contributed by atoms with van der Waals surface area (Å²) in [7, 11) is 0. The standard InChI is InChI=1S/C23H22N2O4/c1-23(22(28)29)19-18(17(24-23)13-12-15-8-4-2-5-9-15)20(26)25(21(19)27)14-16-10-6-3-7-11-16/h2-13,17-19,24H,14H2,1H3,(H,28,29)/b13-12+. The molecule has 29 heavy (non-hydrogen) atoms. The second-order valence-electron chi connectivity index (χ2n) is 7.70. The summed E-state index contributed by atoms with van der Waals surface area (Å²) in [6, 6.07) is 18.2. The van der Waals surface area contributed by atoms with E-state index in [1.807, 2.05) is 66.7 Å². The molecular formula is C23H22N2O4. The third kappa shape index (κ3) is 3.25. The predicted molar refractivity (Wildman–Crippen MR) is 107 cm³/mol. The van der Waals surface area contributed by atoms with Gasteiger partial charge in [0.1, 0.15) is 5.54 Å². The summed E-state index contributed by atoms with van der Waals surface area (Å²) in [4.78, 5) is 39.5. The average molecular weight is 390 g/mol. The van der Waals surface area contributed by atoms with E-state index in [-0.39, 0.29) is 12.5 Å². The van der Waals surface area contributed by atoms with Gasteiger partial charge >= 0.3 is 5.97 Å². The van der Waals surface area contributed by atoms with Gasteiger partial charge in [-0.15, -0.1) is 0 Å². The summed E-state index contributed by atoms with van der Waals surface area (Å²) in [5, 5.41) is 12.9. The zero-order chi connectivity index (χ0) is 20.6. The predicted octanol–water partition coefficient (Wildman–Crippen LogP) is 2.32. The first-order valence-electron chi connectivity index (χ1n) is 9.55. The largest absolute Gasteiger partial charge is 0.480 e. The first-order valence-corrected chi connectivity index (χ1v) is 9.55. The van der Waals surface area contributed by atoms with E-state index in [1.165, 1.54) is 11.8 Å². The smallest absolute Gasteiger partial charge is 0.324 e. The average Bonchev–Trinajstić information content (AvgIpc) is 3.17. The molecule has 0 radical (unpaired) electrons. The van der Waals surface area contributed by atoms with Gasteiger partial charge < -0.3 is 5.11 Å². The van der Waals surface area contributed by atoms with E-state index in [4.69, 9.17) is 0 Å². The van der Waals surface area contributed by atoms with Crippen molar-refractivity contribution in [3.8, 4) is 0 Å². The number of rotatable bonds is 5. The molecule has 0 saturated carbocycles. The van der Waals surface area contributed by atoms with Crippen LogP contribution in [0.15, 0.2) is 66.7 Å². The number of nitrogens with zero attached hydrogens (tertiary/aromatic N) is 1. The lowest BCUT2D eigenvalue weighted by atomic mass is 9.81. The number of likely N-dealkylation sites (tertiary alicyclic amines) is 1. The van der Waals surface area contributed by atoms with Crippen LogP contribution in [0.25, 0.3) is 6.08 Å². The number of carbonyl (C=O) groups excluding carboxylic acids is 2. The molecule has 2 N–H and O–H groups in total. The van der Waals surface area contributed by atoms with Crippen molar-refractivity contribution >= 4 is 23.9 Å². The summed E-state index contributed by atoms with van der Waals surface area (Å²) in [6.07, 6.45) is 3.64. The van der Waals surface area contributed by atoms with Crippen molar-refractivity contribution in [1.29, 1.82) is 0 Å². The van der Waals surface area contributed by atoms with Gasteiger partial charge in [0, 0.05) is 6.04 Å². The highest BCUT2D eigenvalue weighted by Gasteiger charge is 2.65. The van der Waals surface area contributed by atoms with Crippen LogP contribution in [0.3, 0.4) is 0 Å². The van der Waals surface area contributed by atoms with Crippen LogP contribution < -0.4 is 5.32 Å². The molecule has 6 nitrogen and oxygen atoms in total. The van der Waals surface area contributed by atoms with Crippen molar-refractivity contribution in [3.63, 3.8) is 0 Å². The van der Waals surface area contributed by atoms with Crippen molar-refractivity contribution in [1.82, 2.24) is 10.2 Å². The molecule has 0 aliphatic carbocycles. The van der Waals surface area contributed by atoms with Gasteiger partial charge in [-0.05, 0) is 18.1 Å². The summed E-state index contributed by atoms with van der Waals surface area (Å²) >= 11 is 0. The number of imide groups is 1. The van der Waals surface area contributed by atoms with Gasteiger partial charge in [0.15, 0.2) is 0 Å². The fourth-order valence-electron chi connectivity index (χ4n) is 4.31. The summed E-state index contributed by atoms with van der Waals surface area (Å²) in [5.74, 6) is -3.58. The van der Waals surface area contributed by atoms with E-state index in [1.54, 1.807) is 6.08 Å². The minimum Gasteiger partial charge on any atom is -0.480 e. The molecule has 2 saturated heterocycles. The van der Waals surface area contributed by atoms with Crippen LogP contribution in [0.2, 0.25) is 0 Å². The Morgan fingerprint density at radius 3 is 2.31 bits per heavy atom. The Labute approximate surface area is 168 Å². The molecule has 2 aliphatic heterocycles. The number of carbonyl (C=O) groups is 3. The number of amides is 2. The van der Waals surface area contributed by atoms with E-state index in [0.29, 0.717) is 0 Å². The third-order valence-corrected chi connectivity index (χ3v) is 5.84. The van der Waals surface area contributed by atoms with Crippen LogP contribution >= 0.6 is 0 Å². The Morgan fingerprint density at radius 1 is 1.07 bits per heavy atom. The fraction of sp³-hybridized carbons (Fsp3) is 0.261. The number of nitrogens with one attached hydrogen (secondary N) is 1. The van der Waals surface area contributed by atoms with Gasteiger partial charge in [-0.1, -0.05) is 72.8 Å². The van der Waals surface area contributed by atoms with Crippen molar-refractivity contribution in [2.45, 2.75) is 25.0 Å². The quantitative estimate of drug-likeness (QED) is 0.765. The van der Waals surface area contributed by atoms with Crippen molar-refractivity contribution in [2.24, 2.45) is 11.8 Å². The Kier molecular flexibility index (Phi) is 4.80. The maximum absolute atomic E-state index is 13.2. The van der Waals surface area contributed by atoms with Crippen LogP contribution in [0.5, 0.6) is 0 Å². The van der Waals surface area contributed by atoms with Gasteiger partial charge in [0.25, 0.3) is 0 Å². The minimum atomic E-state index is -1.51. The SMILES string of the molecule is CC1(C(=O)O)NC(/C=C/c2ccccc2)C2C(=O)N(Cc3ccccc3)C(=O)C21. The molecule has 2 heterocycles. The number of benzene rings is 2. The Bertz CT molecular complexity index is 973. The molecule has 2 aliphatic rings. The summed E-state index contributed by atoms with van der Waals surface area (Å²) in [6.45, 7) is 1.64. The Hall–Kier alpha value is -3.25. The van der Waals surface area contributed by atoms with E-state index in [9.17, 15) is 19.5 Å². The topological polar surface area (TPSA) is 86.7 Å². The lowest BCUT2D eigenvalue weighted by Gasteiger charge is -2.26. The molecule has 2 aromatic carbocycles. The molecule has 4 rings (SSSR count). The molecular weight excluding hydrogens is 368 g/mol. The normalized spacial score (nSPS) is 28.9. The van der Waals surface area contributed by atoms with Gasteiger partial charge in [0.05, 0.1) is 18.4 Å². The molecule has 0 aromatic heterocycles. The number of hydrogen-bond donors (Lipinski definition) is 2. The Morgan fingerprint density at radius 2 is 1.69 bits per heavy atom. The van der Waals surface area contributed by atoms with Gasteiger partial charge in [-0.3, -0.25) is 24.6 Å². The summed E-state index contributed by atoms with van der Waals surface area (Å²) < 4.78 is 0. The molecule has 4 unspecified atom stereocenters. The minimum absolute atomic E-state index is 0.149. The molecule has 148 valence electrons. The molecule has 0 spiro atoms. The highest BCUT2D eigenvalue weighted by molar-refractivity contribution is 6.09. The number of carboxylic acid groups (broad SMARTS) is 1. The third-order valence-electron chi connectivity index (χ3n) is 5.84. The highest BCUT2D eigenvalue weighted by atomic mass is 16.4. The van der Waals surface area contributed by atoms with Crippen LogP contribution in [0, 0.1) is 11.8 Å². The van der Waals surface area contributed by atoms with Gasteiger partial charge in [0.2, 0.25) is 11.8 Å². The molecule has 2 aromatic rings. The highest BCUT2D eigenvalue weighted by Crippen LogP contribution is 2.43. The van der Waals surface area contributed by atoms with Gasteiger partial charge in [-0.25, -0.2) is 0 Å². The van der Waals surface area contributed by atoms with Crippen LogP contribution in [-0.4, -0.2) is 39.4 Å². The molecule has 0 bridgehead atoms. The number of aliphatic carboxylic acids is 1. The molecule has 2 amide bonds. The van der Waals surface area contributed by atoms with E-state index in [0.717, 1.165) is 11.1 Å². The monoisotopic (exact) mass is 390 g/mol. The van der Waals surface area contributed by atoms with Crippen LogP contribution in [0.4, 0.5) is 0 Å². The lowest BCUT2D eigenvalue weighted by molar-refractivity contribution is -0.150. The second-order valence-corrected chi connectivity index (χ2v) is 7.70. The summed E-state index contributed by atoms with van der Waals surface area (Å²) in [5.41, 5.74) is 0.261. The lowest BCUT2D eigenvalue weighted by Crippen LogP contribution is -2.54. The number of fused-ring (bicyclic) bond motifs is 1. The van der Waals surface area contributed by atoms with Crippen molar-refractivity contribution in [2.75, 3.05) is 0 Å². The van der Waals surface area contributed by atoms with Crippen LogP contribution in [0.1, 0.15) is 18.1 Å². The van der Waals surface area contributed by atoms with E-state index in [2.05, 4.69) is 5.32 Å². The van der Waals surface area contributed by atoms with Gasteiger partial charge in [-0.2, -0.15) is 0 Å². The number of hydrogen-bond acceptors (Lipinski definition) is 4. The molecule has 6 heteroatoms. The first kappa shape index (κ1) is 19.1. The maximum atomic E-state index is 13.2.